The molecule has 0 atom stereocenters. The molecule has 1 heterocycles. The SMILES string of the molecule is CNC(=O)c1ccc(C)c(-c2c(C)[nH]c(=O)c(Br)c2COc2ccc(F)cc2F)c1. The fourth-order valence-corrected chi connectivity index (χ4v) is 3.59. The molecule has 3 rings (SSSR count). The van der Waals surface area contributed by atoms with E-state index >= 15 is 0 Å². The van der Waals surface area contributed by atoms with E-state index in [-0.39, 0.29) is 28.3 Å². The van der Waals surface area contributed by atoms with Crippen LogP contribution in [0.4, 0.5) is 8.78 Å². The van der Waals surface area contributed by atoms with Gasteiger partial charge in [0.25, 0.3) is 11.5 Å². The minimum Gasteiger partial charge on any atom is -0.486 e. The highest BCUT2D eigenvalue weighted by atomic mass is 79.9. The van der Waals surface area contributed by atoms with Crippen LogP contribution in [-0.2, 0) is 6.61 Å². The molecular weight excluding hydrogens is 458 g/mol. The molecule has 0 aliphatic carbocycles. The summed E-state index contributed by atoms with van der Waals surface area (Å²) in [6, 6.07) is 8.25. The molecule has 0 saturated heterocycles. The second-order valence-electron chi connectivity index (χ2n) is 6.72. The lowest BCUT2D eigenvalue weighted by atomic mass is 9.93. The molecule has 5 nitrogen and oxygen atoms in total. The van der Waals surface area contributed by atoms with Crippen LogP contribution >= 0.6 is 15.9 Å². The number of halogens is 3. The third kappa shape index (κ3) is 4.28. The standard InChI is InChI=1S/C22H19BrF2N2O3/c1-11-4-5-13(21(28)26-3)8-15(11)19-12(2)27-22(29)20(23)16(19)10-30-18-7-6-14(24)9-17(18)25/h4-9H,10H2,1-3H3,(H,26,28)(H,27,29). The van der Waals surface area contributed by atoms with E-state index in [4.69, 9.17) is 4.74 Å². The Labute approximate surface area is 180 Å². The van der Waals surface area contributed by atoms with Gasteiger partial charge in [0.1, 0.15) is 12.4 Å². The van der Waals surface area contributed by atoms with Crippen LogP contribution < -0.4 is 15.6 Å². The van der Waals surface area contributed by atoms with E-state index in [9.17, 15) is 18.4 Å². The minimum atomic E-state index is -0.841. The Balaban J connectivity index is 2.13. The molecular formula is C22H19BrF2N2O3. The van der Waals surface area contributed by atoms with Crippen molar-refractivity contribution in [3.8, 4) is 16.9 Å². The van der Waals surface area contributed by atoms with Gasteiger partial charge in [0.2, 0.25) is 0 Å². The summed E-state index contributed by atoms with van der Waals surface area (Å²) >= 11 is 3.30. The van der Waals surface area contributed by atoms with Gasteiger partial charge in [-0.1, -0.05) is 6.07 Å². The molecule has 0 aliphatic heterocycles. The largest absolute Gasteiger partial charge is 0.486 e. The number of hydrogen-bond donors (Lipinski definition) is 2. The van der Waals surface area contributed by atoms with E-state index in [0.717, 1.165) is 23.3 Å². The number of rotatable bonds is 5. The Morgan fingerprint density at radius 1 is 1.17 bits per heavy atom. The third-order valence-electron chi connectivity index (χ3n) is 4.70. The summed E-state index contributed by atoms with van der Waals surface area (Å²) in [6.45, 7) is 3.47. The van der Waals surface area contributed by atoms with Crippen molar-refractivity contribution in [2.75, 3.05) is 7.05 Å². The van der Waals surface area contributed by atoms with Crippen molar-refractivity contribution in [2.45, 2.75) is 20.5 Å². The maximum atomic E-state index is 14.0. The summed E-state index contributed by atoms with van der Waals surface area (Å²) in [5, 5.41) is 2.58. The predicted molar refractivity (Wildman–Crippen MR) is 114 cm³/mol. The van der Waals surface area contributed by atoms with E-state index < -0.39 is 11.6 Å². The maximum Gasteiger partial charge on any atom is 0.262 e. The van der Waals surface area contributed by atoms with Crippen molar-refractivity contribution < 1.29 is 18.3 Å². The highest BCUT2D eigenvalue weighted by Crippen LogP contribution is 2.33. The van der Waals surface area contributed by atoms with E-state index in [2.05, 4.69) is 26.2 Å². The van der Waals surface area contributed by atoms with Crippen LogP contribution in [0, 0.1) is 25.5 Å². The normalized spacial score (nSPS) is 10.7. The molecule has 2 N–H and O–H groups in total. The Kier molecular flexibility index (Phi) is 6.36. The second-order valence-corrected chi connectivity index (χ2v) is 7.51. The number of aromatic amines is 1. The van der Waals surface area contributed by atoms with Gasteiger partial charge in [-0.25, -0.2) is 8.78 Å². The molecule has 0 fully saturated rings. The van der Waals surface area contributed by atoms with Crippen LogP contribution in [0.15, 0.2) is 45.7 Å². The number of ether oxygens (including phenoxy) is 1. The Bertz CT molecular complexity index is 1190. The number of amides is 1. The number of aryl methyl sites for hydroxylation is 2. The Morgan fingerprint density at radius 2 is 1.90 bits per heavy atom. The van der Waals surface area contributed by atoms with Gasteiger partial charge < -0.3 is 15.0 Å². The van der Waals surface area contributed by atoms with Crippen molar-refractivity contribution in [3.63, 3.8) is 0 Å². The van der Waals surface area contributed by atoms with E-state index in [0.29, 0.717) is 22.4 Å². The van der Waals surface area contributed by atoms with Gasteiger partial charge in [-0.2, -0.15) is 0 Å². The first-order valence-electron chi connectivity index (χ1n) is 9.05. The molecule has 0 aliphatic rings. The van der Waals surface area contributed by atoms with Gasteiger partial charge >= 0.3 is 0 Å². The number of aromatic nitrogens is 1. The topological polar surface area (TPSA) is 71.2 Å². The maximum absolute atomic E-state index is 14.0. The monoisotopic (exact) mass is 476 g/mol. The van der Waals surface area contributed by atoms with Crippen LogP contribution in [-0.4, -0.2) is 17.9 Å². The van der Waals surface area contributed by atoms with Crippen molar-refractivity contribution in [1.82, 2.24) is 10.3 Å². The number of carbonyl (C=O) groups is 1. The lowest BCUT2D eigenvalue weighted by Gasteiger charge is -2.18. The molecule has 8 heteroatoms. The van der Waals surface area contributed by atoms with Crippen LogP contribution in [0.2, 0.25) is 0 Å². The molecule has 2 aromatic carbocycles. The number of hydrogen-bond acceptors (Lipinski definition) is 3. The molecule has 3 aromatic rings. The molecule has 0 radical (unpaired) electrons. The molecule has 30 heavy (non-hydrogen) atoms. The zero-order valence-corrected chi connectivity index (χ0v) is 18.1. The number of benzene rings is 2. The summed E-state index contributed by atoms with van der Waals surface area (Å²) in [4.78, 5) is 27.2. The first-order valence-corrected chi connectivity index (χ1v) is 9.84. The Hall–Kier alpha value is -3.00. The van der Waals surface area contributed by atoms with Crippen molar-refractivity contribution in [2.24, 2.45) is 0 Å². The molecule has 1 amide bonds. The number of nitrogens with one attached hydrogen (secondary N) is 2. The van der Waals surface area contributed by atoms with Crippen LogP contribution in [0.1, 0.15) is 27.2 Å². The minimum absolute atomic E-state index is 0.136. The average molecular weight is 477 g/mol. The van der Waals surface area contributed by atoms with E-state index in [1.54, 1.807) is 26.1 Å². The van der Waals surface area contributed by atoms with E-state index in [1.807, 2.05) is 13.0 Å². The summed E-state index contributed by atoms with van der Waals surface area (Å²) in [5.74, 6) is -1.94. The van der Waals surface area contributed by atoms with Gasteiger partial charge in [0.05, 0.1) is 4.47 Å². The highest BCUT2D eigenvalue weighted by molar-refractivity contribution is 9.10. The fraction of sp³-hybridized carbons (Fsp3) is 0.182. The zero-order chi connectivity index (χ0) is 22.0. The zero-order valence-electron chi connectivity index (χ0n) is 16.5. The van der Waals surface area contributed by atoms with Crippen LogP contribution in [0.3, 0.4) is 0 Å². The number of H-pyrrole nitrogens is 1. The molecule has 0 unspecified atom stereocenters. The lowest BCUT2D eigenvalue weighted by Crippen LogP contribution is -2.18. The quantitative estimate of drug-likeness (QED) is 0.563. The van der Waals surface area contributed by atoms with Gasteiger partial charge in [0.15, 0.2) is 11.6 Å². The molecule has 1 aromatic heterocycles. The summed E-state index contributed by atoms with van der Waals surface area (Å²) in [7, 11) is 1.54. The fourth-order valence-electron chi connectivity index (χ4n) is 3.18. The third-order valence-corrected chi connectivity index (χ3v) is 5.54. The summed E-state index contributed by atoms with van der Waals surface area (Å²) in [6.07, 6.45) is 0. The number of carbonyl (C=O) groups excluding carboxylic acids is 1. The van der Waals surface area contributed by atoms with Gasteiger partial charge in [-0.05, 0) is 65.2 Å². The average Bonchev–Trinajstić information content (AvgIpc) is 2.71. The van der Waals surface area contributed by atoms with Crippen molar-refractivity contribution in [3.05, 3.63) is 85.2 Å². The van der Waals surface area contributed by atoms with Crippen molar-refractivity contribution in [1.29, 1.82) is 0 Å². The molecule has 0 saturated carbocycles. The smallest absolute Gasteiger partial charge is 0.262 e. The second kappa shape index (κ2) is 8.79. The first-order chi connectivity index (χ1) is 14.2. The summed E-state index contributed by atoms with van der Waals surface area (Å²) in [5.41, 5.74) is 3.40. The van der Waals surface area contributed by atoms with Gasteiger partial charge in [-0.15, -0.1) is 0 Å². The molecule has 0 spiro atoms. The van der Waals surface area contributed by atoms with Gasteiger partial charge in [-0.3, -0.25) is 9.59 Å². The highest BCUT2D eigenvalue weighted by Gasteiger charge is 2.19. The number of pyridine rings is 1. The lowest BCUT2D eigenvalue weighted by molar-refractivity contribution is 0.0963. The van der Waals surface area contributed by atoms with Gasteiger partial charge in [0, 0.05) is 35.5 Å². The Morgan fingerprint density at radius 3 is 2.57 bits per heavy atom. The van der Waals surface area contributed by atoms with Crippen LogP contribution in [0.25, 0.3) is 11.1 Å². The first kappa shape index (κ1) is 21.7. The van der Waals surface area contributed by atoms with E-state index in [1.165, 1.54) is 6.07 Å². The van der Waals surface area contributed by atoms with Crippen LogP contribution in [0.5, 0.6) is 5.75 Å². The van der Waals surface area contributed by atoms with Crippen molar-refractivity contribution >= 4 is 21.8 Å². The predicted octanol–water partition coefficient (Wildman–Crippen LogP) is 4.64. The molecule has 0 bridgehead atoms. The summed E-state index contributed by atoms with van der Waals surface area (Å²) < 4.78 is 33.0. The molecule has 156 valence electrons.